The number of ether oxygens (including phenoxy) is 2. The third-order valence-electron chi connectivity index (χ3n) is 4.72. The van der Waals surface area contributed by atoms with Gasteiger partial charge in [-0.1, -0.05) is 18.7 Å². The zero-order valence-electron chi connectivity index (χ0n) is 13.1. The van der Waals surface area contributed by atoms with E-state index < -0.39 is 72.4 Å². The molecule has 0 saturated carbocycles. The third-order valence-corrected chi connectivity index (χ3v) is 6.04. The molecule has 2 heterocycles. The van der Waals surface area contributed by atoms with Crippen LogP contribution in [0.3, 0.4) is 0 Å². The van der Waals surface area contributed by atoms with E-state index in [0.29, 0.717) is 0 Å². The molecule has 0 aromatic rings. The van der Waals surface area contributed by atoms with Gasteiger partial charge < -0.3 is 40.1 Å². The van der Waals surface area contributed by atoms with Gasteiger partial charge in [-0.3, -0.25) is 0 Å². The van der Waals surface area contributed by atoms with Crippen molar-refractivity contribution in [2.24, 2.45) is 5.92 Å². The van der Waals surface area contributed by atoms with E-state index >= 15 is 0 Å². The van der Waals surface area contributed by atoms with Crippen molar-refractivity contribution in [2.45, 2.75) is 60.2 Å². The van der Waals surface area contributed by atoms with Crippen LogP contribution in [0, 0.1) is 5.92 Å². The van der Waals surface area contributed by atoms with Crippen LogP contribution in [0.4, 0.5) is 0 Å². The Morgan fingerprint density at radius 2 is 1.30 bits per heavy atom. The molecule has 0 spiro atoms. The Kier molecular flexibility index (Phi) is 6.74. The monoisotopic (exact) mass is 352 g/mol. The van der Waals surface area contributed by atoms with E-state index in [2.05, 4.69) is 0 Å². The quantitative estimate of drug-likeness (QED) is 0.287. The predicted molar refractivity (Wildman–Crippen MR) is 84.6 cm³/mol. The molecule has 2 aliphatic heterocycles. The fraction of sp³-hybridized carbons (Fsp3) is 1.00. The molecule has 2 rings (SSSR count). The Hall–Kier alpha value is 0.0949. The van der Waals surface area contributed by atoms with Gasteiger partial charge in [0.2, 0.25) is 0 Å². The van der Waals surface area contributed by atoms with E-state index in [1.165, 1.54) is 0 Å². The van der Waals surface area contributed by atoms with Gasteiger partial charge in [-0.25, -0.2) is 0 Å². The fourth-order valence-corrected chi connectivity index (χ4v) is 4.40. The zero-order chi connectivity index (χ0) is 17.3. The van der Waals surface area contributed by atoms with E-state index in [1.54, 1.807) is 14.8 Å². The van der Waals surface area contributed by atoms with Gasteiger partial charge in [0.15, 0.2) is 0 Å². The minimum Gasteiger partial charge on any atom is -0.394 e. The lowest BCUT2D eigenvalue weighted by Crippen LogP contribution is -2.56. The van der Waals surface area contributed by atoms with E-state index in [1.807, 2.05) is 0 Å². The lowest BCUT2D eigenvalue weighted by atomic mass is 9.75. The number of hydrogen-bond acceptors (Lipinski definition) is 9. The number of aliphatic hydroxyl groups excluding tert-OH is 6. The van der Waals surface area contributed by atoms with Crippen LogP contribution < -0.4 is 0 Å². The Morgan fingerprint density at radius 1 is 0.826 bits per heavy atom. The van der Waals surface area contributed by atoms with Crippen LogP contribution in [-0.2, 0) is 9.47 Å². The van der Waals surface area contributed by atoms with Gasteiger partial charge in [0.25, 0.3) is 0 Å². The number of thioether (sulfide) groups is 1. The molecule has 134 valence electrons. The maximum atomic E-state index is 10.3. The molecule has 8 unspecified atom stereocenters. The standard InChI is InChI=1S/C13H25BO8S/c1-4-8(17)5(2-15)21-12(9(4)18)23-13-11(20)7(14)10(19)6(3-16)22-13/h4-13,15-20H,2-3,14H2,1H3/t4?,5?,6-,7?,8?,9?,10?,11?,12?,13+/m1/s1. The van der Waals surface area contributed by atoms with Crippen LogP contribution in [0.2, 0.25) is 5.82 Å². The molecule has 8 nitrogen and oxygen atoms in total. The molecule has 0 radical (unpaired) electrons. The van der Waals surface area contributed by atoms with Crippen molar-refractivity contribution in [3.05, 3.63) is 0 Å². The summed E-state index contributed by atoms with van der Waals surface area (Å²) in [5, 5.41) is 58.9. The summed E-state index contributed by atoms with van der Waals surface area (Å²) in [5.41, 5.74) is -1.63. The highest BCUT2D eigenvalue weighted by atomic mass is 32.2. The second-order valence-corrected chi connectivity index (χ2v) is 7.47. The molecular formula is C13H25BO8S. The minimum absolute atomic E-state index is 0.391. The summed E-state index contributed by atoms with van der Waals surface area (Å²) in [6, 6.07) is 0. The average molecular weight is 352 g/mol. The Morgan fingerprint density at radius 3 is 1.83 bits per heavy atom. The average Bonchev–Trinajstić information content (AvgIpc) is 2.55. The van der Waals surface area contributed by atoms with Crippen molar-refractivity contribution in [3.63, 3.8) is 0 Å². The van der Waals surface area contributed by atoms with Gasteiger partial charge in [-0.15, -0.1) is 0 Å². The first-order chi connectivity index (χ1) is 10.8. The van der Waals surface area contributed by atoms with Gasteiger partial charge in [0, 0.05) is 5.92 Å². The summed E-state index contributed by atoms with van der Waals surface area (Å²) in [5.74, 6) is -1.04. The van der Waals surface area contributed by atoms with E-state index in [0.717, 1.165) is 11.8 Å². The highest BCUT2D eigenvalue weighted by molar-refractivity contribution is 8.00. The maximum absolute atomic E-state index is 10.3. The molecule has 10 atom stereocenters. The first-order valence-electron chi connectivity index (χ1n) is 7.72. The highest BCUT2D eigenvalue weighted by Gasteiger charge is 2.47. The summed E-state index contributed by atoms with van der Waals surface area (Å²) < 4.78 is 11.0. The van der Waals surface area contributed by atoms with Crippen molar-refractivity contribution >= 4 is 19.6 Å². The number of rotatable bonds is 4. The summed E-state index contributed by atoms with van der Waals surface area (Å²) in [4.78, 5) is 0. The molecule has 2 fully saturated rings. The Balaban J connectivity index is 2.07. The van der Waals surface area contributed by atoms with Crippen molar-refractivity contribution in [1.29, 1.82) is 0 Å². The molecule has 2 aliphatic rings. The first-order valence-corrected chi connectivity index (χ1v) is 8.66. The maximum Gasteiger partial charge on any atom is 0.132 e. The molecule has 0 amide bonds. The molecule has 23 heavy (non-hydrogen) atoms. The topological polar surface area (TPSA) is 140 Å². The molecule has 0 bridgehead atoms. The van der Waals surface area contributed by atoms with Crippen LogP contribution in [0.1, 0.15) is 6.92 Å². The molecule has 0 aromatic carbocycles. The highest BCUT2D eigenvalue weighted by Crippen LogP contribution is 2.40. The number of hydrogen-bond donors (Lipinski definition) is 6. The molecular weight excluding hydrogens is 327 g/mol. The van der Waals surface area contributed by atoms with Gasteiger partial charge in [0.05, 0.1) is 37.6 Å². The smallest absolute Gasteiger partial charge is 0.132 e. The molecule has 10 heteroatoms. The van der Waals surface area contributed by atoms with Crippen LogP contribution in [0.25, 0.3) is 0 Å². The van der Waals surface area contributed by atoms with Crippen molar-refractivity contribution < 1.29 is 40.1 Å². The normalized spacial score (nSPS) is 51.6. The summed E-state index contributed by atoms with van der Waals surface area (Å²) in [6.07, 6.45) is -5.66. The van der Waals surface area contributed by atoms with Crippen molar-refractivity contribution in [2.75, 3.05) is 13.2 Å². The lowest BCUT2D eigenvalue weighted by Gasteiger charge is -2.45. The molecule has 0 aromatic heterocycles. The molecule has 6 N–H and O–H groups in total. The molecule has 2 saturated heterocycles. The van der Waals surface area contributed by atoms with Crippen LogP contribution in [0.15, 0.2) is 0 Å². The Labute approximate surface area is 139 Å². The second kappa shape index (κ2) is 7.98. The van der Waals surface area contributed by atoms with E-state index in [4.69, 9.17) is 9.47 Å². The zero-order valence-corrected chi connectivity index (χ0v) is 13.9. The fourth-order valence-electron chi connectivity index (χ4n) is 2.90. The van der Waals surface area contributed by atoms with Crippen LogP contribution in [0.5, 0.6) is 0 Å². The van der Waals surface area contributed by atoms with E-state index in [-0.39, 0.29) is 0 Å². The van der Waals surface area contributed by atoms with Crippen molar-refractivity contribution in [1.82, 2.24) is 0 Å². The third kappa shape index (κ3) is 3.86. The SMILES string of the molecule is BC1C(O)[C@@H](CO)O[C@@H](SC2OC(CO)C(O)C(C)C2O)C1O. The summed E-state index contributed by atoms with van der Waals surface area (Å²) in [7, 11) is 1.65. The van der Waals surface area contributed by atoms with Gasteiger partial charge in [-0.2, -0.15) is 0 Å². The number of aliphatic hydroxyl groups is 6. The van der Waals surface area contributed by atoms with Gasteiger partial charge in [0.1, 0.15) is 30.9 Å². The van der Waals surface area contributed by atoms with E-state index in [9.17, 15) is 30.6 Å². The largest absolute Gasteiger partial charge is 0.394 e. The minimum atomic E-state index is -1.01. The lowest BCUT2D eigenvalue weighted by molar-refractivity contribution is -0.181. The Bertz CT molecular complexity index is 353. The van der Waals surface area contributed by atoms with Crippen LogP contribution >= 0.6 is 11.8 Å². The molecule has 0 aliphatic carbocycles. The first kappa shape index (κ1) is 19.4. The van der Waals surface area contributed by atoms with Gasteiger partial charge in [-0.05, 0) is 5.82 Å². The van der Waals surface area contributed by atoms with Crippen molar-refractivity contribution in [3.8, 4) is 0 Å². The summed E-state index contributed by atoms with van der Waals surface area (Å²) >= 11 is 1.02. The predicted octanol–water partition coefficient (Wildman–Crippen LogP) is -3.34. The van der Waals surface area contributed by atoms with Gasteiger partial charge >= 0.3 is 0 Å². The second-order valence-electron chi connectivity index (χ2n) is 6.27. The summed E-state index contributed by atoms with van der Waals surface area (Å²) in [6.45, 7) is 0.866. The van der Waals surface area contributed by atoms with Crippen LogP contribution in [-0.4, -0.2) is 99.2 Å².